The first-order valence-corrected chi connectivity index (χ1v) is 6.02. The average Bonchev–Trinajstić information content (AvgIpc) is 2.11. The van der Waals surface area contributed by atoms with E-state index in [1.165, 1.54) is 5.56 Å². The molecular formula is C13H18ClNO. The molecule has 0 unspecified atom stereocenters. The normalized spacial score (nSPS) is 17.0. The zero-order valence-electron chi connectivity index (χ0n) is 10.0. The van der Waals surface area contributed by atoms with Crippen LogP contribution in [0.2, 0.25) is 5.02 Å². The maximum atomic E-state index is 6.04. The van der Waals surface area contributed by atoms with Crippen LogP contribution < -0.4 is 10.1 Å². The smallest absolute Gasteiger partial charge is 0.123 e. The van der Waals surface area contributed by atoms with E-state index in [-0.39, 0.29) is 5.41 Å². The molecule has 1 saturated heterocycles. The molecule has 0 bridgehead atoms. The molecule has 1 aromatic carbocycles. The van der Waals surface area contributed by atoms with Crippen LogP contribution in [-0.4, -0.2) is 19.2 Å². The average molecular weight is 240 g/mol. The van der Waals surface area contributed by atoms with E-state index in [0.717, 1.165) is 23.9 Å². The van der Waals surface area contributed by atoms with Gasteiger partial charge in [-0.3, -0.25) is 0 Å². The van der Waals surface area contributed by atoms with Crippen molar-refractivity contribution in [3.8, 4) is 5.75 Å². The zero-order valence-corrected chi connectivity index (χ0v) is 10.8. The van der Waals surface area contributed by atoms with E-state index in [1.54, 1.807) is 0 Å². The topological polar surface area (TPSA) is 21.3 Å². The number of ether oxygens (including phenoxy) is 1. The molecule has 1 aromatic rings. The summed E-state index contributed by atoms with van der Waals surface area (Å²) in [5.74, 6) is 0.961. The lowest BCUT2D eigenvalue weighted by Gasteiger charge is -2.31. The Bertz CT molecular complexity index is 380. The molecule has 16 heavy (non-hydrogen) atoms. The van der Waals surface area contributed by atoms with Crippen molar-refractivity contribution in [1.82, 2.24) is 5.32 Å². The van der Waals surface area contributed by atoms with Crippen molar-refractivity contribution in [2.75, 3.05) is 13.1 Å². The predicted octanol–water partition coefficient (Wildman–Crippen LogP) is 2.99. The standard InChI is InChI=1S/C13H18ClNO/c1-13(2,3)11-6-9(14)4-5-12(11)16-10-7-15-8-10/h4-6,10,15H,7-8H2,1-3H3. The Morgan fingerprint density at radius 2 is 2.00 bits per heavy atom. The number of hydrogen-bond acceptors (Lipinski definition) is 2. The van der Waals surface area contributed by atoms with Gasteiger partial charge in [0.05, 0.1) is 0 Å². The predicted molar refractivity (Wildman–Crippen MR) is 67.4 cm³/mol. The summed E-state index contributed by atoms with van der Waals surface area (Å²) < 4.78 is 5.94. The van der Waals surface area contributed by atoms with Gasteiger partial charge in [-0.15, -0.1) is 0 Å². The molecule has 2 rings (SSSR count). The van der Waals surface area contributed by atoms with Gasteiger partial charge in [0.1, 0.15) is 11.9 Å². The minimum Gasteiger partial charge on any atom is -0.487 e. The van der Waals surface area contributed by atoms with E-state index in [4.69, 9.17) is 16.3 Å². The van der Waals surface area contributed by atoms with Crippen molar-refractivity contribution in [1.29, 1.82) is 0 Å². The third-order valence-corrected chi connectivity index (χ3v) is 3.02. The van der Waals surface area contributed by atoms with Crippen molar-refractivity contribution < 1.29 is 4.74 Å². The van der Waals surface area contributed by atoms with E-state index >= 15 is 0 Å². The van der Waals surface area contributed by atoms with Gasteiger partial charge in [-0.1, -0.05) is 32.4 Å². The first-order chi connectivity index (χ1) is 7.47. The first-order valence-electron chi connectivity index (χ1n) is 5.64. The van der Waals surface area contributed by atoms with Crippen LogP contribution in [0, 0.1) is 0 Å². The highest BCUT2D eigenvalue weighted by molar-refractivity contribution is 6.30. The summed E-state index contributed by atoms with van der Waals surface area (Å²) in [6, 6.07) is 5.86. The molecule has 2 nitrogen and oxygen atoms in total. The van der Waals surface area contributed by atoms with E-state index in [1.807, 2.05) is 18.2 Å². The number of benzene rings is 1. The monoisotopic (exact) mass is 239 g/mol. The summed E-state index contributed by atoms with van der Waals surface area (Å²) in [4.78, 5) is 0. The molecule has 0 aromatic heterocycles. The van der Waals surface area contributed by atoms with Gasteiger partial charge in [-0.25, -0.2) is 0 Å². The van der Waals surface area contributed by atoms with Gasteiger partial charge >= 0.3 is 0 Å². The van der Waals surface area contributed by atoms with Crippen LogP contribution in [0.5, 0.6) is 5.75 Å². The molecule has 0 aliphatic carbocycles. The fourth-order valence-corrected chi connectivity index (χ4v) is 1.89. The highest BCUT2D eigenvalue weighted by Crippen LogP contribution is 2.34. The maximum absolute atomic E-state index is 6.04. The summed E-state index contributed by atoms with van der Waals surface area (Å²) in [6.45, 7) is 8.39. The van der Waals surface area contributed by atoms with Crippen molar-refractivity contribution in [2.45, 2.75) is 32.3 Å². The molecule has 0 radical (unpaired) electrons. The van der Waals surface area contributed by atoms with Gasteiger partial charge < -0.3 is 10.1 Å². The number of nitrogens with one attached hydrogen (secondary N) is 1. The summed E-state index contributed by atoms with van der Waals surface area (Å²) in [5.41, 5.74) is 1.23. The Morgan fingerprint density at radius 1 is 1.31 bits per heavy atom. The van der Waals surface area contributed by atoms with Crippen LogP contribution in [0.4, 0.5) is 0 Å². The number of hydrogen-bond donors (Lipinski definition) is 1. The van der Waals surface area contributed by atoms with Crippen LogP contribution in [0.15, 0.2) is 18.2 Å². The van der Waals surface area contributed by atoms with Gasteiger partial charge in [-0.2, -0.15) is 0 Å². The fraction of sp³-hybridized carbons (Fsp3) is 0.538. The summed E-state index contributed by atoms with van der Waals surface area (Å²) in [7, 11) is 0. The number of rotatable bonds is 2. The van der Waals surface area contributed by atoms with E-state index in [0.29, 0.717) is 6.10 Å². The second kappa shape index (κ2) is 4.27. The molecule has 3 heteroatoms. The molecule has 1 N–H and O–H groups in total. The molecular weight excluding hydrogens is 222 g/mol. The van der Waals surface area contributed by atoms with E-state index < -0.39 is 0 Å². The van der Waals surface area contributed by atoms with Crippen LogP contribution in [-0.2, 0) is 5.41 Å². The van der Waals surface area contributed by atoms with Gasteiger partial charge in [0.25, 0.3) is 0 Å². The van der Waals surface area contributed by atoms with Crippen molar-refractivity contribution in [3.63, 3.8) is 0 Å². The van der Waals surface area contributed by atoms with Gasteiger partial charge in [-0.05, 0) is 23.6 Å². The van der Waals surface area contributed by atoms with Crippen LogP contribution >= 0.6 is 11.6 Å². The fourth-order valence-electron chi connectivity index (χ4n) is 1.72. The quantitative estimate of drug-likeness (QED) is 0.857. The lowest BCUT2D eigenvalue weighted by molar-refractivity contribution is 0.139. The van der Waals surface area contributed by atoms with Gasteiger partial charge in [0.15, 0.2) is 0 Å². The lowest BCUT2D eigenvalue weighted by atomic mass is 9.86. The summed E-state index contributed by atoms with van der Waals surface area (Å²) in [6.07, 6.45) is 0.308. The molecule has 0 saturated carbocycles. The molecule has 88 valence electrons. The van der Waals surface area contributed by atoms with Crippen LogP contribution in [0.1, 0.15) is 26.3 Å². The summed E-state index contributed by atoms with van der Waals surface area (Å²) >= 11 is 6.04. The van der Waals surface area contributed by atoms with Crippen molar-refractivity contribution in [2.24, 2.45) is 0 Å². The van der Waals surface area contributed by atoms with Crippen LogP contribution in [0.3, 0.4) is 0 Å². The Balaban J connectivity index is 2.28. The molecule has 1 fully saturated rings. The highest BCUT2D eigenvalue weighted by Gasteiger charge is 2.24. The molecule has 1 heterocycles. The second-order valence-electron chi connectivity index (χ2n) is 5.29. The third kappa shape index (κ3) is 2.50. The molecule has 0 atom stereocenters. The SMILES string of the molecule is CC(C)(C)c1cc(Cl)ccc1OC1CNC1. The molecule has 1 aliphatic heterocycles. The Kier molecular flexibility index (Phi) is 3.13. The minimum atomic E-state index is 0.0530. The third-order valence-electron chi connectivity index (χ3n) is 2.79. The van der Waals surface area contributed by atoms with E-state index in [9.17, 15) is 0 Å². The largest absolute Gasteiger partial charge is 0.487 e. The maximum Gasteiger partial charge on any atom is 0.123 e. The lowest BCUT2D eigenvalue weighted by Crippen LogP contribution is -2.50. The van der Waals surface area contributed by atoms with E-state index in [2.05, 4.69) is 26.1 Å². The summed E-state index contributed by atoms with van der Waals surface area (Å²) in [5, 5.41) is 3.97. The molecule has 1 aliphatic rings. The van der Waals surface area contributed by atoms with Crippen molar-refractivity contribution in [3.05, 3.63) is 28.8 Å². The van der Waals surface area contributed by atoms with Crippen molar-refractivity contribution >= 4 is 11.6 Å². The Hall–Kier alpha value is -0.730. The molecule has 0 amide bonds. The van der Waals surface area contributed by atoms with Gasteiger partial charge in [0.2, 0.25) is 0 Å². The Morgan fingerprint density at radius 3 is 2.50 bits per heavy atom. The number of halogens is 1. The first kappa shape index (κ1) is 11.7. The van der Waals surface area contributed by atoms with Gasteiger partial charge in [0, 0.05) is 23.7 Å². The molecule has 0 spiro atoms. The second-order valence-corrected chi connectivity index (χ2v) is 5.73. The zero-order chi connectivity index (χ0) is 11.8. The Labute approximate surface area is 102 Å². The minimum absolute atomic E-state index is 0.0530. The highest BCUT2D eigenvalue weighted by atomic mass is 35.5. The van der Waals surface area contributed by atoms with Crippen LogP contribution in [0.25, 0.3) is 0 Å².